The van der Waals surface area contributed by atoms with E-state index in [-0.39, 0.29) is 17.9 Å². The van der Waals surface area contributed by atoms with Gasteiger partial charge in [0.25, 0.3) is 5.91 Å². The number of hydrogen-bond acceptors (Lipinski definition) is 4. The van der Waals surface area contributed by atoms with Crippen LogP contribution < -0.4 is 0 Å². The van der Waals surface area contributed by atoms with Crippen LogP contribution in [0.2, 0.25) is 0 Å². The third kappa shape index (κ3) is 2.39. The summed E-state index contributed by atoms with van der Waals surface area (Å²) in [5, 5.41) is 7.66. The van der Waals surface area contributed by atoms with Crippen molar-refractivity contribution in [3.8, 4) is 0 Å². The van der Waals surface area contributed by atoms with E-state index < -0.39 is 0 Å². The average molecular weight is 279 g/mol. The summed E-state index contributed by atoms with van der Waals surface area (Å²) in [5.74, 6) is -0.127. The molecule has 110 valence electrons. The number of aromatic nitrogens is 3. The average Bonchev–Trinajstić information content (AvgIpc) is 2.94. The van der Waals surface area contributed by atoms with Crippen LogP contribution in [-0.4, -0.2) is 62.3 Å². The van der Waals surface area contributed by atoms with Crippen molar-refractivity contribution in [2.24, 2.45) is 0 Å². The Morgan fingerprint density at radius 2 is 2.05 bits per heavy atom. The molecule has 1 fully saturated rings. The van der Waals surface area contributed by atoms with E-state index in [2.05, 4.69) is 10.3 Å². The van der Waals surface area contributed by atoms with Gasteiger partial charge in [-0.05, 0) is 20.3 Å². The summed E-state index contributed by atoms with van der Waals surface area (Å²) in [6.07, 6.45) is 2.09. The van der Waals surface area contributed by atoms with Gasteiger partial charge in [-0.15, -0.1) is 5.10 Å². The van der Waals surface area contributed by atoms with Crippen LogP contribution in [0.15, 0.2) is 6.20 Å². The van der Waals surface area contributed by atoms with Gasteiger partial charge in [0.05, 0.1) is 6.20 Å². The molecule has 0 aromatic carbocycles. The fourth-order valence-electron chi connectivity index (χ4n) is 2.59. The first-order valence-corrected chi connectivity index (χ1v) is 7.12. The van der Waals surface area contributed by atoms with Crippen molar-refractivity contribution in [2.75, 3.05) is 19.6 Å². The fraction of sp³-hybridized carbons (Fsp3) is 0.692. The number of carbonyl (C=O) groups excluding carboxylic acids is 2. The summed E-state index contributed by atoms with van der Waals surface area (Å²) >= 11 is 0. The molecule has 0 bridgehead atoms. The molecule has 2 rings (SSSR count). The number of piperazine rings is 1. The normalized spacial score (nSPS) is 19.6. The minimum atomic E-state index is -0.378. The first-order chi connectivity index (χ1) is 9.63. The van der Waals surface area contributed by atoms with Crippen LogP contribution in [-0.2, 0) is 11.3 Å². The topological polar surface area (TPSA) is 71.3 Å². The fourth-order valence-corrected chi connectivity index (χ4v) is 2.59. The molecular formula is C13H21N5O2. The quantitative estimate of drug-likeness (QED) is 0.799. The van der Waals surface area contributed by atoms with Crippen molar-refractivity contribution in [2.45, 2.75) is 39.8 Å². The van der Waals surface area contributed by atoms with Crippen LogP contribution in [0.4, 0.5) is 0 Å². The van der Waals surface area contributed by atoms with Crippen LogP contribution >= 0.6 is 0 Å². The van der Waals surface area contributed by atoms with Gasteiger partial charge in [-0.1, -0.05) is 12.1 Å². The summed E-state index contributed by atoms with van der Waals surface area (Å²) in [4.78, 5) is 28.4. The lowest BCUT2D eigenvalue weighted by atomic mass is 10.1. The Morgan fingerprint density at radius 1 is 1.30 bits per heavy atom. The van der Waals surface area contributed by atoms with Crippen molar-refractivity contribution in [1.29, 1.82) is 0 Å². The summed E-state index contributed by atoms with van der Waals surface area (Å²) in [6, 6.07) is -0.378. The first kappa shape index (κ1) is 14.5. The Labute approximate surface area is 118 Å². The molecule has 7 nitrogen and oxygen atoms in total. The third-order valence-corrected chi connectivity index (χ3v) is 3.75. The zero-order chi connectivity index (χ0) is 14.7. The maximum atomic E-state index is 12.6. The van der Waals surface area contributed by atoms with Gasteiger partial charge in [-0.2, -0.15) is 0 Å². The zero-order valence-corrected chi connectivity index (χ0v) is 12.2. The van der Waals surface area contributed by atoms with Crippen molar-refractivity contribution in [3.63, 3.8) is 0 Å². The van der Waals surface area contributed by atoms with Crippen LogP contribution in [0, 0.1) is 0 Å². The van der Waals surface area contributed by atoms with Gasteiger partial charge in [0.1, 0.15) is 11.7 Å². The summed E-state index contributed by atoms with van der Waals surface area (Å²) < 4.78 is 1.56. The molecule has 0 radical (unpaired) electrons. The van der Waals surface area contributed by atoms with E-state index in [9.17, 15) is 9.59 Å². The highest BCUT2D eigenvalue weighted by Crippen LogP contribution is 2.17. The molecule has 1 saturated heterocycles. The SMILES string of the molecule is CCC1C(=O)N(CC)CCN1C(=O)c1cnnn1CC. The van der Waals surface area contributed by atoms with Crippen LogP contribution in [0.1, 0.15) is 37.7 Å². The monoisotopic (exact) mass is 279 g/mol. The number of hydrogen-bond donors (Lipinski definition) is 0. The van der Waals surface area contributed by atoms with E-state index in [1.54, 1.807) is 14.5 Å². The second kappa shape index (κ2) is 6.02. The number of likely N-dealkylation sites (N-methyl/N-ethyl adjacent to an activating group) is 1. The molecule has 0 saturated carbocycles. The highest BCUT2D eigenvalue weighted by Gasteiger charge is 2.36. The van der Waals surface area contributed by atoms with Crippen LogP contribution in [0.5, 0.6) is 0 Å². The van der Waals surface area contributed by atoms with E-state index in [0.717, 1.165) is 0 Å². The standard InChI is InChI=1S/C13H21N5O2/c1-4-10-12(19)16(5-2)7-8-17(10)13(20)11-9-14-15-18(11)6-3/h9-10H,4-8H2,1-3H3. The Balaban J connectivity index is 2.23. The van der Waals surface area contributed by atoms with Crippen molar-refractivity contribution in [3.05, 3.63) is 11.9 Å². The smallest absolute Gasteiger partial charge is 0.274 e. The second-order valence-electron chi connectivity index (χ2n) is 4.78. The molecule has 1 aliphatic heterocycles. The summed E-state index contributed by atoms with van der Waals surface area (Å²) in [6.45, 7) is 8.21. The van der Waals surface area contributed by atoms with Gasteiger partial charge >= 0.3 is 0 Å². The predicted octanol–water partition coefficient (Wildman–Crippen LogP) is 0.381. The molecule has 2 amide bonds. The Bertz CT molecular complexity index is 499. The molecule has 1 unspecified atom stereocenters. The number of amides is 2. The van der Waals surface area contributed by atoms with Gasteiger partial charge in [-0.25, -0.2) is 4.68 Å². The van der Waals surface area contributed by atoms with Gasteiger partial charge in [0.2, 0.25) is 5.91 Å². The molecule has 1 aromatic rings. The maximum absolute atomic E-state index is 12.6. The van der Waals surface area contributed by atoms with Gasteiger partial charge in [0.15, 0.2) is 0 Å². The van der Waals surface area contributed by atoms with E-state index in [4.69, 9.17) is 0 Å². The Morgan fingerprint density at radius 3 is 2.65 bits per heavy atom. The maximum Gasteiger partial charge on any atom is 0.274 e. The molecule has 0 aliphatic carbocycles. The van der Waals surface area contributed by atoms with Crippen LogP contribution in [0.3, 0.4) is 0 Å². The van der Waals surface area contributed by atoms with E-state index in [1.807, 2.05) is 20.8 Å². The second-order valence-corrected chi connectivity index (χ2v) is 4.78. The van der Waals surface area contributed by atoms with Gasteiger partial charge in [-0.3, -0.25) is 9.59 Å². The van der Waals surface area contributed by atoms with Crippen LogP contribution in [0.25, 0.3) is 0 Å². The number of nitrogens with zero attached hydrogens (tertiary/aromatic N) is 5. The van der Waals surface area contributed by atoms with E-state index in [1.165, 1.54) is 6.20 Å². The highest BCUT2D eigenvalue weighted by atomic mass is 16.2. The highest BCUT2D eigenvalue weighted by molar-refractivity contribution is 5.96. The number of aryl methyl sites for hydroxylation is 1. The lowest BCUT2D eigenvalue weighted by Gasteiger charge is -2.39. The summed E-state index contributed by atoms with van der Waals surface area (Å²) in [5.41, 5.74) is 0.448. The molecule has 7 heteroatoms. The molecule has 2 heterocycles. The lowest BCUT2D eigenvalue weighted by Crippen LogP contribution is -2.58. The summed E-state index contributed by atoms with van der Waals surface area (Å²) in [7, 11) is 0. The Kier molecular flexibility index (Phi) is 4.36. The van der Waals surface area contributed by atoms with Crippen molar-refractivity contribution >= 4 is 11.8 Å². The van der Waals surface area contributed by atoms with Gasteiger partial charge in [0, 0.05) is 26.2 Å². The molecule has 1 aliphatic rings. The molecule has 1 atom stereocenters. The molecule has 20 heavy (non-hydrogen) atoms. The number of rotatable bonds is 4. The zero-order valence-electron chi connectivity index (χ0n) is 12.2. The molecule has 0 spiro atoms. The molecule has 0 N–H and O–H groups in total. The molecule has 1 aromatic heterocycles. The number of carbonyl (C=O) groups is 2. The largest absolute Gasteiger partial charge is 0.339 e. The van der Waals surface area contributed by atoms with E-state index >= 15 is 0 Å². The first-order valence-electron chi connectivity index (χ1n) is 7.12. The van der Waals surface area contributed by atoms with Crippen molar-refractivity contribution in [1.82, 2.24) is 24.8 Å². The van der Waals surface area contributed by atoms with E-state index in [0.29, 0.717) is 38.3 Å². The predicted molar refractivity (Wildman–Crippen MR) is 73.1 cm³/mol. The third-order valence-electron chi connectivity index (χ3n) is 3.75. The van der Waals surface area contributed by atoms with Gasteiger partial charge < -0.3 is 9.80 Å². The van der Waals surface area contributed by atoms with Crippen molar-refractivity contribution < 1.29 is 9.59 Å². The Hall–Kier alpha value is -1.92. The lowest BCUT2D eigenvalue weighted by molar-refractivity contribution is -0.140. The minimum Gasteiger partial charge on any atom is -0.339 e. The minimum absolute atomic E-state index is 0.0325. The molecular weight excluding hydrogens is 258 g/mol.